The van der Waals surface area contributed by atoms with Crippen LogP contribution in [-0.2, 0) is 16.1 Å². The Hall–Kier alpha value is -1.89. The van der Waals surface area contributed by atoms with E-state index in [1.165, 1.54) is 6.39 Å². The number of piperazine rings is 1. The number of hydrogen-bond acceptors (Lipinski definition) is 5. The van der Waals surface area contributed by atoms with Gasteiger partial charge in [-0.3, -0.25) is 14.5 Å². The van der Waals surface area contributed by atoms with Crippen molar-refractivity contribution in [3.8, 4) is 0 Å². The minimum absolute atomic E-state index is 0.206. The number of amides is 1. The second-order valence-corrected chi connectivity index (χ2v) is 4.23. The van der Waals surface area contributed by atoms with Crippen LogP contribution in [0.4, 0.5) is 0 Å². The monoisotopic (exact) mass is 253 g/mol. The van der Waals surface area contributed by atoms with Crippen molar-refractivity contribution in [2.45, 2.75) is 25.9 Å². The Balaban J connectivity index is 2.10. The molecule has 2 rings (SSSR count). The standard InChI is InChI=1S/C11H15N3O4/c1-7-8(13-6-18-7)5-14-3-2-12-11(17)9(14)4-10(15)16/h6,9H,2-5H2,1H3,(H,12,17)(H,15,16). The highest BCUT2D eigenvalue weighted by molar-refractivity contribution is 5.86. The van der Waals surface area contributed by atoms with Crippen molar-refractivity contribution in [1.29, 1.82) is 0 Å². The van der Waals surface area contributed by atoms with Crippen LogP contribution in [0.25, 0.3) is 0 Å². The first-order valence-corrected chi connectivity index (χ1v) is 5.70. The maximum atomic E-state index is 11.7. The van der Waals surface area contributed by atoms with E-state index in [4.69, 9.17) is 9.52 Å². The van der Waals surface area contributed by atoms with Crippen LogP contribution in [0.2, 0.25) is 0 Å². The lowest BCUT2D eigenvalue weighted by atomic mass is 10.1. The maximum absolute atomic E-state index is 11.7. The first-order chi connectivity index (χ1) is 8.58. The molecule has 1 atom stereocenters. The summed E-state index contributed by atoms with van der Waals surface area (Å²) in [5.74, 6) is -0.543. The number of aliphatic carboxylic acids is 1. The quantitative estimate of drug-likeness (QED) is 0.768. The summed E-state index contributed by atoms with van der Waals surface area (Å²) in [5, 5.41) is 11.5. The number of carbonyl (C=O) groups excluding carboxylic acids is 1. The van der Waals surface area contributed by atoms with E-state index < -0.39 is 12.0 Å². The Morgan fingerprint density at radius 3 is 3.11 bits per heavy atom. The second kappa shape index (κ2) is 5.18. The fourth-order valence-electron chi connectivity index (χ4n) is 2.01. The topological polar surface area (TPSA) is 95.7 Å². The Kier molecular flexibility index (Phi) is 3.61. The summed E-state index contributed by atoms with van der Waals surface area (Å²) in [5.41, 5.74) is 0.736. The number of carbonyl (C=O) groups is 2. The molecule has 0 spiro atoms. The van der Waals surface area contributed by atoms with Crippen LogP contribution < -0.4 is 5.32 Å². The number of aryl methyl sites for hydroxylation is 1. The minimum atomic E-state index is -0.987. The summed E-state index contributed by atoms with van der Waals surface area (Å²) in [6, 6.07) is -0.646. The molecule has 1 aromatic heterocycles. The minimum Gasteiger partial charge on any atom is -0.481 e. The predicted molar refractivity (Wildman–Crippen MR) is 60.7 cm³/mol. The van der Waals surface area contributed by atoms with Gasteiger partial charge >= 0.3 is 5.97 Å². The molecule has 0 aromatic carbocycles. The summed E-state index contributed by atoms with van der Waals surface area (Å²) in [6.45, 7) is 3.34. The molecule has 1 fully saturated rings. The molecule has 7 nitrogen and oxygen atoms in total. The summed E-state index contributed by atoms with van der Waals surface area (Å²) >= 11 is 0. The van der Waals surface area contributed by atoms with Crippen molar-refractivity contribution in [3.05, 3.63) is 17.8 Å². The van der Waals surface area contributed by atoms with Gasteiger partial charge in [0.25, 0.3) is 0 Å². The molecule has 1 aliphatic heterocycles. The molecule has 0 bridgehead atoms. The molecular weight excluding hydrogens is 238 g/mol. The molecule has 1 aliphatic rings. The van der Waals surface area contributed by atoms with Crippen molar-refractivity contribution in [1.82, 2.24) is 15.2 Å². The lowest BCUT2D eigenvalue weighted by Crippen LogP contribution is -2.55. The second-order valence-electron chi connectivity index (χ2n) is 4.23. The van der Waals surface area contributed by atoms with Gasteiger partial charge in [-0.25, -0.2) is 4.98 Å². The van der Waals surface area contributed by atoms with E-state index in [0.29, 0.717) is 25.4 Å². The lowest BCUT2D eigenvalue weighted by Gasteiger charge is -2.33. The summed E-state index contributed by atoms with van der Waals surface area (Å²) in [4.78, 5) is 28.4. The number of rotatable bonds is 4. The predicted octanol–water partition coefficient (Wildman–Crippen LogP) is -0.242. The molecule has 0 aliphatic carbocycles. The van der Waals surface area contributed by atoms with Crippen LogP contribution in [0, 0.1) is 6.92 Å². The van der Waals surface area contributed by atoms with E-state index in [0.717, 1.165) is 5.69 Å². The first-order valence-electron chi connectivity index (χ1n) is 5.70. The van der Waals surface area contributed by atoms with Crippen LogP contribution >= 0.6 is 0 Å². The average Bonchev–Trinajstić information content (AvgIpc) is 2.69. The van der Waals surface area contributed by atoms with Gasteiger partial charge in [-0.1, -0.05) is 0 Å². The molecule has 0 saturated carbocycles. The molecule has 0 radical (unpaired) electrons. The molecule has 1 saturated heterocycles. The molecule has 1 unspecified atom stereocenters. The van der Waals surface area contributed by atoms with Crippen LogP contribution in [0.3, 0.4) is 0 Å². The Labute approximate surface area is 104 Å². The third kappa shape index (κ3) is 2.67. The maximum Gasteiger partial charge on any atom is 0.305 e. The molecule has 2 N–H and O–H groups in total. The van der Waals surface area contributed by atoms with Gasteiger partial charge in [-0.05, 0) is 6.92 Å². The third-order valence-electron chi connectivity index (χ3n) is 3.01. The van der Waals surface area contributed by atoms with Crippen LogP contribution in [0.1, 0.15) is 17.9 Å². The molecule has 2 heterocycles. The van der Waals surface area contributed by atoms with E-state index in [-0.39, 0.29) is 12.3 Å². The zero-order valence-electron chi connectivity index (χ0n) is 10.0. The van der Waals surface area contributed by atoms with E-state index in [9.17, 15) is 9.59 Å². The fraction of sp³-hybridized carbons (Fsp3) is 0.545. The smallest absolute Gasteiger partial charge is 0.305 e. The van der Waals surface area contributed by atoms with Gasteiger partial charge in [-0.15, -0.1) is 0 Å². The molecule has 1 aromatic rings. The van der Waals surface area contributed by atoms with Crippen molar-refractivity contribution >= 4 is 11.9 Å². The summed E-state index contributed by atoms with van der Waals surface area (Å²) in [6.07, 6.45) is 1.14. The van der Waals surface area contributed by atoms with E-state index in [2.05, 4.69) is 10.3 Å². The number of carboxylic acids is 1. The van der Waals surface area contributed by atoms with Gasteiger partial charge < -0.3 is 14.8 Å². The highest BCUT2D eigenvalue weighted by Gasteiger charge is 2.32. The van der Waals surface area contributed by atoms with Crippen molar-refractivity contribution in [3.63, 3.8) is 0 Å². The third-order valence-corrected chi connectivity index (χ3v) is 3.01. The van der Waals surface area contributed by atoms with Crippen molar-refractivity contribution in [2.75, 3.05) is 13.1 Å². The van der Waals surface area contributed by atoms with E-state index in [1.54, 1.807) is 6.92 Å². The fourth-order valence-corrected chi connectivity index (χ4v) is 2.01. The Morgan fingerprint density at radius 2 is 2.50 bits per heavy atom. The number of nitrogens with one attached hydrogen (secondary N) is 1. The average molecular weight is 253 g/mol. The Morgan fingerprint density at radius 1 is 1.72 bits per heavy atom. The normalized spacial score (nSPS) is 20.7. The zero-order chi connectivity index (χ0) is 13.1. The molecular formula is C11H15N3O4. The number of aromatic nitrogens is 1. The van der Waals surface area contributed by atoms with Gasteiger partial charge in [0.15, 0.2) is 6.39 Å². The van der Waals surface area contributed by atoms with Crippen LogP contribution in [0.5, 0.6) is 0 Å². The number of nitrogens with zero attached hydrogens (tertiary/aromatic N) is 2. The molecule has 7 heteroatoms. The zero-order valence-corrected chi connectivity index (χ0v) is 10.0. The van der Waals surface area contributed by atoms with Gasteiger partial charge in [0.05, 0.1) is 12.1 Å². The largest absolute Gasteiger partial charge is 0.481 e. The van der Waals surface area contributed by atoms with Gasteiger partial charge in [0, 0.05) is 19.6 Å². The lowest BCUT2D eigenvalue weighted by molar-refractivity contribution is -0.143. The van der Waals surface area contributed by atoms with Crippen LogP contribution in [-0.4, -0.2) is 46.0 Å². The number of hydrogen-bond donors (Lipinski definition) is 2. The van der Waals surface area contributed by atoms with Crippen molar-refractivity contribution in [2.24, 2.45) is 0 Å². The molecule has 1 amide bonds. The first kappa shape index (κ1) is 12.6. The SMILES string of the molecule is Cc1ocnc1CN1CCNC(=O)C1CC(=O)O. The van der Waals surface area contributed by atoms with Gasteiger partial charge in [0.1, 0.15) is 11.8 Å². The highest BCUT2D eigenvalue weighted by atomic mass is 16.4. The van der Waals surface area contributed by atoms with Crippen molar-refractivity contribution < 1.29 is 19.1 Å². The highest BCUT2D eigenvalue weighted by Crippen LogP contribution is 2.15. The van der Waals surface area contributed by atoms with E-state index >= 15 is 0 Å². The van der Waals surface area contributed by atoms with E-state index in [1.807, 2.05) is 4.90 Å². The van der Waals surface area contributed by atoms with Gasteiger partial charge in [-0.2, -0.15) is 0 Å². The van der Waals surface area contributed by atoms with Gasteiger partial charge in [0.2, 0.25) is 5.91 Å². The molecule has 18 heavy (non-hydrogen) atoms. The Bertz CT molecular complexity index is 457. The summed E-state index contributed by atoms with van der Waals surface area (Å²) in [7, 11) is 0. The summed E-state index contributed by atoms with van der Waals surface area (Å²) < 4.78 is 5.09. The number of carboxylic acid groups (broad SMARTS) is 1. The number of oxazole rings is 1. The molecule has 98 valence electrons. The van der Waals surface area contributed by atoms with Crippen LogP contribution in [0.15, 0.2) is 10.8 Å².